The van der Waals surface area contributed by atoms with Crippen LogP contribution in [0.3, 0.4) is 0 Å². The van der Waals surface area contributed by atoms with Gasteiger partial charge in [0.05, 0.1) is 0 Å². The minimum Gasteiger partial charge on any atom is -0.314 e. The van der Waals surface area contributed by atoms with Crippen molar-refractivity contribution in [2.24, 2.45) is 11.3 Å². The van der Waals surface area contributed by atoms with E-state index in [0.717, 1.165) is 12.0 Å². The van der Waals surface area contributed by atoms with E-state index in [1.54, 1.807) is 0 Å². The van der Waals surface area contributed by atoms with E-state index in [1.807, 2.05) is 11.8 Å². The highest BCUT2D eigenvalue weighted by Crippen LogP contribution is 2.30. The predicted molar refractivity (Wildman–Crippen MR) is 67.0 cm³/mol. The number of hydrogen-bond acceptors (Lipinski definition) is 2. The van der Waals surface area contributed by atoms with Crippen LogP contribution < -0.4 is 5.32 Å². The summed E-state index contributed by atoms with van der Waals surface area (Å²) in [6, 6.07) is 0.856. The van der Waals surface area contributed by atoms with E-state index >= 15 is 0 Å². The van der Waals surface area contributed by atoms with Crippen molar-refractivity contribution in [2.45, 2.75) is 46.1 Å². The Balaban J connectivity index is 2.26. The topological polar surface area (TPSA) is 12.0 Å². The Hall–Kier alpha value is 0.310. The van der Waals surface area contributed by atoms with E-state index in [-0.39, 0.29) is 0 Å². The molecule has 1 nitrogen and oxygen atoms in total. The SMILES string of the molecule is CSCCC(CNC1CC1)C(C)(C)C. The number of thioether (sulfide) groups is 1. The third-order valence-electron chi connectivity index (χ3n) is 3.13. The van der Waals surface area contributed by atoms with Gasteiger partial charge in [0.1, 0.15) is 0 Å². The van der Waals surface area contributed by atoms with Crippen molar-refractivity contribution >= 4 is 11.8 Å². The molecule has 1 aliphatic carbocycles. The molecule has 0 aromatic carbocycles. The summed E-state index contributed by atoms with van der Waals surface area (Å²) in [7, 11) is 0. The van der Waals surface area contributed by atoms with Gasteiger partial charge in [-0.1, -0.05) is 20.8 Å². The molecule has 0 bridgehead atoms. The number of rotatable bonds is 6. The number of nitrogens with one attached hydrogen (secondary N) is 1. The van der Waals surface area contributed by atoms with Crippen LogP contribution in [-0.4, -0.2) is 24.6 Å². The largest absolute Gasteiger partial charge is 0.314 e. The van der Waals surface area contributed by atoms with Crippen LogP contribution in [0.5, 0.6) is 0 Å². The third kappa shape index (κ3) is 4.70. The average Bonchev–Trinajstić information content (AvgIpc) is 2.85. The summed E-state index contributed by atoms with van der Waals surface area (Å²) in [6.45, 7) is 8.32. The van der Waals surface area contributed by atoms with Gasteiger partial charge < -0.3 is 5.32 Å². The standard InChI is InChI=1S/C12H25NS/c1-12(2,3)10(7-8-14-4)9-13-11-5-6-11/h10-11,13H,5-9H2,1-4H3. The van der Waals surface area contributed by atoms with Crippen molar-refractivity contribution < 1.29 is 0 Å². The van der Waals surface area contributed by atoms with E-state index in [4.69, 9.17) is 0 Å². The Morgan fingerprint density at radius 2 is 2.00 bits per heavy atom. The zero-order chi connectivity index (χ0) is 10.6. The highest BCUT2D eigenvalue weighted by atomic mass is 32.2. The molecule has 14 heavy (non-hydrogen) atoms. The Kier molecular flexibility index (Phi) is 4.78. The third-order valence-corrected chi connectivity index (χ3v) is 3.77. The van der Waals surface area contributed by atoms with Crippen molar-refractivity contribution in [1.82, 2.24) is 5.32 Å². The molecule has 0 spiro atoms. The van der Waals surface area contributed by atoms with Crippen molar-refractivity contribution in [3.05, 3.63) is 0 Å². The van der Waals surface area contributed by atoms with Gasteiger partial charge in [0.25, 0.3) is 0 Å². The van der Waals surface area contributed by atoms with Crippen LogP contribution in [0, 0.1) is 11.3 Å². The number of hydrogen-bond donors (Lipinski definition) is 1. The molecule has 0 radical (unpaired) electrons. The molecule has 1 fully saturated rings. The molecule has 2 heteroatoms. The molecule has 1 atom stereocenters. The van der Waals surface area contributed by atoms with Gasteiger partial charge in [-0.05, 0) is 49.1 Å². The minimum atomic E-state index is 0.456. The first-order valence-electron chi connectivity index (χ1n) is 5.76. The molecule has 0 aliphatic heterocycles. The van der Waals surface area contributed by atoms with Crippen LogP contribution in [0.25, 0.3) is 0 Å². The van der Waals surface area contributed by atoms with Gasteiger partial charge in [-0.25, -0.2) is 0 Å². The van der Waals surface area contributed by atoms with Gasteiger partial charge >= 0.3 is 0 Å². The summed E-state index contributed by atoms with van der Waals surface area (Å²) < 4.78 is 0. The molecule has 0 aromatic rings. The molecule has 1 unspecified atom stereocenters. The minimum absolute atomic E-state index is 0.456. The Morgan fingerprint density at radius 1 is 1.36 bits per heavy atom. The van der Waals surface area contributed by atoms with Gasteiger partial charge in [0, 0.05) is 6.04 Å². The molecule has 0 amide bonds. The quantitative estimate of drug-likeness (QED) is 0.730. The van der Waals surface area contributed by atoms with Crippen LogP contribution in [0.4, 0.5) is 0 Å². The smallest absolute Gasteiger partial charge is 0.00683 e. The second-order valence-corrected chi connectivity index (χ2v) is 6.51. The fraction of sp³-hybridized carbons (Fsp3) is 1.00. The zero-order valence-electron chi connectivity index (χ0n) is 10.1. The zero-order valence-corrected chi connectivity index (χ0v) is 10.9. The van der Waals surface area contributed by atoms with Crippen LogP contribution in [0.1, 0.15) is 40.0 Å². The molecule has 1 rings (SSSR count). The highest BCUT2D eigenvalue weighted by Gasteiger charge is 2.27. The predicted octanol–water partition coefficient (Wildman–Crippen LogP) is 3.15. The van der Waals surface area contributed by atoms with E-state index in [2.05, 4.69) is 32.3 Å². The normalized spacial score (nSPS) is 19.7. The first kappa shape index (κ1) is 12.4. The molecule has 0 aromatic heterocycles. The van der Waals surface area contributed by atoms with Crippen molar-refractivity contribution in [3.63, 3.8) is 0 Å². The van der Waals surface area contributed by atoms with Crippen LogP contribution >= 0.6 is 11.8 Å². The maximum absolute atomic E-state index is 3.66. The van der Waals surface area contributed by atoms with Crippen LogP contribution in [0.15, 0.2) is 0 Å². The Labute approximate surface area is 93.4 Å². The van der Waals surface area contributed by atoms with Gasteiger partial charge in [-0.15, -0.1) is 0 Å². The second-order valence-electron chi connectivity index (χ2n) is 5.53. The van der Waals surface area contributed by atoms with Gasteiger partial charge in [0.2, 0.25) is 0 Å². The first-order valence-corrected chi connectivity index (χ1v) is 7.15. The van der Waals surface area contributed by atoms with E-state index < -0.39 is 0 Å². The van der Waals surface area contributed by atoms with Crippen LogP contribution in [-0.2, 0) is 0 Å². The van der Waals surface area contributed by atoms with Gasteiger partial charge in [-0.2, -0.15) is 11.8 Å². The average molecular weight is 215 g/mol. The van der Waals surface area contributed by atoms with E-state index in [9.17, 15) is 0 Å². The monoisotopic (exact) mass is 215 g/mol. The fourth-order valence-corrected chi connectivity index (χ4v) is 2.22. The summed E-state index contributed by atoms with van der Waals surface area (Å²) in [5, 5.41) is 3.66. The maximum Gasteiger partial charge on any atom is 0.00683 e. The molecule has 1 N–H and O–H groups in total. The van der Waals surface area contributed by atoms with E-state index in [0.29, 0.717) is 5.41 Å². The van der Waals surface area contributed by atoms with Gasteiger partial charge in [0.15, 0.2) is 0 Å². The summed E-state index contributed by atoms with van der Waals surface area (Å²) in [6.07, 6.45) is 6.36. The summed E-state index contributed by atoms with van der Waals surface area (Å²) in [4.78, 5) is 0. The lowest BCUT2D eigenvalue weighted by molar-refractivity contribution is 0.226. The maximum atomic E-state index is 3.66. The van der Waals surface area contributed by atoms with Gasteiger partial charge in [-0.3, -0.25) is 0 Å². The van der Waals surface area contributed by atoms with Crippen molar-refractivity contribution in [1.29, 1.82) is 0 Å². The summed E-state index contributed by atoms with van der Waals surface area (Å²) in [5.74, 6) is 2.13. The first-order chi connectivity index (χ1) is 6.54. The van der Waals surface area contributed by atoms with Crippen LogP contribution in [0.2, 0.25) is 0 Å². The molecule has 84 valence electrons. The fourth-order valence-electron chi connectivity index (χ4n) is 1.70. The molecule has 1 saturated carbocycles. The molecule has 1 aliphatic rings. The molecular weight excluding hydrogens is 190 g/mol. The highest BCUT2D eigenvalue weighted by molar-refractivity contribution is 7.98. The molecule has 0 saturated heterocycles. The summed E-state index contributed by atoms with van der Waals surface area (Å²) >= 11 is 1.97. The lowest BCUT2D eigenvalue weighted by Crippen LogP contribution is -2.33. The molecule has 0 heterocycles. The lowest BCUT2D eigenvalue weighted by atomic mass is 9.79. The Morgan fingerprint density at radius 3 is 2.43 bits per heavy atom. The Bertz CT molecular complexity index is 158. The molecular formula is C12H25NS. The second kappa shape index (κ2) is 5.41. The van der Waals surface area contributed by atoms with Crippen molar-refractivity contribution in [3.8, 4) is 0 Å². The summed E-state index contributed by atoms with van der Waals surface area (Å²) in [5.41, 5.74) is 0.456. The van der Waals surface area contributed by atoms with Crippen molar-refractivity contribution in [2.75, 3.05) is 18.6 Å². The van der Waals surface area contributed by atoms with E-state index in [1.165, 1.54) is 31.6 Å². The lowest BCUT2D eigenvalue weighted by Gasteiger charge is -2.31.